The molecule has 0 amide bonds. The third-order valence-corrected chi connectivity index (χ3v) is 7.83. The Hall–Kier alpha value is -2.33. The molecule has 5 rings (SSSR count). The number of methoxy groups -OCH3 is 1. The van der Waals surface area contributed by atoms with Gasteiger partial charge in [-0.2, -0.15) is 0 Å². The van der Waals surface area contributed by atoms with Crippen molar-refractivity contribution >= 4 is 5.78 Å². The summed E-state index contributed by atoms with van der Waals surface area (Å²) in [6.07, 6.45) is 8.19. The van der Waals surface area contributed by atoms with Gasteiger partial charge in [-0.3, -0.25) is 4.79 Å². The SMILES string of the molecule is COc1ccc(C(=O)COc2ccccc2C2CCN([C@H]3C[C@H]4CCC3C4)CC2)cc1. The molecule has 164 valence electrons. The van der Waals surface area contributed by atoms with Gasteiger partial charge in [-0.25, -0.2) is 0 Å². The van der Waals surface area contributed by atoms with E-state index in [0.717, 1.165) is 29.4 Å². The first-order chi connectivity index (χ1) is 15.2. The average Bonchev–Trinajstić information content (AvgIpc) is 3.47. The highest BCUT2D eigenvalue weighted by atomic mass is 16.5. The summed E-state index contributed by atoms with van der Waals surface area (Å²) < 4.78 is 11.2. The molecule has 4 heteroatoms. The summed E-state index contributed by atoms with van der Waals surface area (Å²) in [6.45, 7) is 2.45. The number of fused-ring (bicyclic) bond motifs is 2. The number of Topliss-reactive ketones (excluding diaryl/α,β-unsaturated/α-hetero) is 1. The fraction of sp³-hybridized carbons (Fsp3) is 0.519. The van der Waals surface area contributed by atoms with Crippen LogP contribution in [0.2, 0.25) is 0 Å². The molecule has 1 heterocycles. The predicted molar refractivity (Wildman–Crippen MR) is 122 cm³/mol. The molecule has 0 aromatic heterocycles. The number of carbonyl (C=O) groups is 1. The number of ketones is 1. The molecule has 3 fully saturated rings. The van der Waals surface area contributed by atoms with Crippen LogP contribution in [0.4, 0.5) is 0 Å². The Labute approximate surface area is 185 Å². The predicted octanol–water partition coefficient (Wildman–Crippen LogP) is 5.32. The largest absolute Gasteiger partial charge is 0.497 e. The quantitative estimate of drug-likeness (QED) is 0.569. The van der Waals surface area contributed by atoms with Crippen molar-refractivity contribution in [3.63, 3.8) is 0 Å². The van der Waals surface area contributed by atoms with Gasteiger partial charge < -0.3 is 14.4 Å². The van der Waals surface area contributed by atoms with Crippen LogP contribution < -0.4 is 9.47 Å². The summed E-state index contributed by atoms with van der Waals surface area (Å²) in [5, 5.41) is 0. The van der Waals surface area contributed by atoms with E-state index in [2.05, 4.69) is 17.0 Å². The molecule has 2 saturated carbocycles. The van der Waals surface area contributed by atoms with E-state index in [0.29, 0.717) is 11.5 Å². The standard InChI is InChI=1S/C27H33NO3/c1-30-23-10-8-21(9-11-23)26(29)18-31-27-5-3-2-4-24(27)20-12-14-28(15-13-20)25-17-19-6-7-22(25)16-19/h2-5,8-11,19-20,22,25H,6-7,12-18H2,1H3/t19-,22?,25-/m0/s1. The zero-order chi connectivity index (χ0) is 21.2. The van der Waals surface area contributed by atoms with Crippen LogP contribution in [0.25, 0.3) is 0 Å². The van der Waals surface area contributed by atoms with Crippen LogP contribution in [-0.4, -0.2) is 43.5 Å². The fourth-order valence-electron chi connectivity index (χ4n) is 6.15. The van der Waals surface area contributed by atoms with Gasteiger partial charge in [-0.05, 0) is 98.8 Å². The number of ether oxygens (including phenoxy) is 2. The van der Waals surface area contributed by atoms with Crippen LogP contribution in [0.1, 0.15) is 60.4 Å². The van der Waals surface area contributed by atoms with Crippen molar-refractivity contribution in [1.82, 2.24) is 4.90 Å². The van der Waals surface area contributed by atoms with Gasteiger partial charge in [0.1, 0.15) is 11.5 Å². The molecule has 2 bridgehead atoms. The van der Waals surface area contributed by atoms with E-state index >= 15 is 0 Å². The summed E-state index contributed by atoms with van der Waals surface area (Å²) in [5.74, 6) is 4.08. The van der Waals surface area contributed by atoms with E-state index in [1.807, 2.05) is 24.3 Å². The molecule has 0 N–H and O–H groups in total. The highest BCUT2D eigenvalue weighted by Gasteiger charge is 2.43. The van der Waals surface area contributed by atoms with Crippen LogP contribution in [0, 0.1) is 11.8 Å². The number of hydrogen-bond acceptors (Lipinski definition) is 4. The summed E-state index contributed by atoms with van der Waals surface area (Å²) in [4.78, 5) is 15.4. The molecule has 2 aliphatic carbocycles. The third kappa shape index (κ3) is 4.36. The van der Waals surface area contributed by atoms with Crippen LogP contribution >= 0.6 is 0 Å². The molecule has 1 unspecified atom stereocenters. The van der Waals surface area contributed by atoms with Crippen LogP contribution in [-0.2, 0) is 0 Å². The zero-order valence-corrected chi connectivity index (χ0v) is 18.5. The number of piperidine rings is 1. The first kappa shape index (κ1) is 20.6. The maximum Gasteiger partial charge on any atom is 0.200 e. The summed E-state index contributed by atoms with van der Waals surface area (Å²) in [7, 11) is 1.62. The minimum absolute atomic E-state index is 0.0106. The molecule has 1 saturated heterocycles. The normalized spacial score (nSPS) is 26.2. The van der Waals surface area contributed by atoms with Gasteiger partial charge in [0.25, 0.3) is 0 Å². The Morgan fingerprint density at radius 3 is 2.42 bits per heavy atom. The first-order valence-electron chi connectivity index (χ1n) is 11.8. The average molecular weight is 420 g/mol. The van der Waals surface area contributed by atoms with E-state index in [4.69, 9.17) is 9.47 Å². The molecule has 3 atom stereocenters. The van der Waals surface area contributed by atoms with Gasteiger partial charge in [0, 0.05) is 11.6 Å². The zero-order valence-electron chi connectivity index (χ0n) is 18.5. The Morgan fingerprint density at radius 2 is 1.74 bits per heavy atom. The van der Waals surface area contributed by atoms with Gasteiger partial charge in [-0.15, -0.1) is 0 Å². The lowest BCUT2D eigenvalue weighted by Crippen LogP contribution is -2.43. The topological polar surface area (TPSA) is 38.8 Å². The van der Waals surface area contributed by atoms with Gasteiger partial charge in [0.15, 0.2) is 12.4 Å². The van der Waals surface area contributed by atoms with Crippen molar-refractivity contribution < 1.29 is 14.3 Å². The third-order valence-electron chi connectivity index (χ3n) is 7.83. The minimum Gasteiger partial charge on any atom is -0.497 e. The number of nitrogens with zero attached hydrogens (tertiary/aromatic N) is 1. The first-order valence-corrected chi connectivity index (χ1v) is 11.8. The second-order valence-corrected chi connectivity index (χ2v) is 9.53. The van der Waals surface area contributed by atoms with Crippen molar-refractivity contribution in [3.8, 4) is 11.5 Å². The molecule has 0 spiro atoms. The van der Waals surface area contributed by atoms with Crippen molar-refractivity contribution in [2.24, 2.45) is 11.8 Å². The Morgan fingerprint density at radius 1 is 0.968 bits per heavy atom. The molecular weight excluding hydrogens is 386 g/mol. The van der Waals surface area contributed by atoms with E-state index in [1.54, 1.807) is 19.2 Å². The van der Waals surface area contributed by atoms with Crippen molar-refractivity contribution in [2.75, 3.05) is 26.8 Å². The van der Waals surface area contributed by atoms with E-state index < -0.39 is 0 Å². The Kier molecular flexibility index (Phi) is 5.99. The second kappa shape index (κ2) is 9.04. The lowest BCUT2D eigenvalue weighted by molar-refractivity contribution is 0.0917. The highest BCUT2D eigenvalue weighted by molar-refractivity contribution is 5.97. The molecule has 3 aliphatic rings. The summed E-state index contributed by atoms with van der Waals surface area (Å²) >= 11 is 0. The van der Waals surface area contributed by atoms with Crippen molar-refractivity contribution in [3.05, 3.63) is 59.7 Å². The number of para-hydroxylation sites is 1. The van der Waals surface area contributed by atoms with E-state index in [9.17, 15) is 4.79 Å². The number of likely N-dealkylation sites (tertiary alicyclic amines) is 1. The molecule has 31 heavy (non-hydrogen) atoms. The lowest BCUT2D eigenvalue weighted by Gasteiger charge is -2.40. The van der Waals surface area contributed by atoms with E-state index in [1.165, 1.54) is 57.2 Å². The highest BCUT2D eigenvalue weighted by Crippen LogP contribution is 2.47. The van der Waals surface area contributed by atoms with Gasteiger partial charge in [0.2, 0.25) is 0 Å². The number of rotatable bonds is 7. The van der Waals surface area contributed by atoms with Gasteiger partial charge in [0.05, 0.1) is 7.11 Å². The molecule has 2 aromatic carbocycles. The maximum atomic E-state index is 12.6. The lowest BCUT2D eigenvalue weighted by atomic mass is 9.86. The second-order valence-electron chi connectivity index (χ2n) is 9.53. The molecule has 2 aromatic rings. The van der Waals surface area contributed by atoms with Crippen LogP contribution in [0.3, 0.4) is 0 Å². The fourth-order valence-corrected chi connectivity index (χ4v) is 6.15. The molecule has 1 aliphatic heterocycles. The number of hydrogen-bond donors (Lipinski definition) is 0. The molecular formula is C27H33NO3. The summed E-state index contributed by atoms with van der Waals surface area (Å²) in [5.41, 5.74) is 1.91. The van der Waals surface area contributed by atoms with Crippen LogP contribution in [0.5, 0.6) is 11.5 Å². The maximum absolute atomic E-state index is 12.6. The molecule has 0 radical (unpaired) electrons. The monoisotopic (exact) mass is 419 g/mol. The number of carbonyl (C=O) groups excluding carboxylic acids is 1. The van der Waals surface area contributed by atoms with Gasteiger partial charge in [-0.1, -0.05) is 24.6 Å². The van der Waals surface area contributed by atoms with Crippen molar-refractivity contribution in [2.45, 2.75) is 50.5 Å². The smallest absolute Gasteiger partial charge is 0.200 e. The van der Waals surface area contributed by atoms with E-state index in [-0.39, 0.29) is 12.4 Å². The van der Waals surface area contributed by atoms with Crippen molar-refractivity contribution in [1.29, 1.82) is 0 Å². The minimum atomic E-state index is -0.0106. The number of benzene rings is 2. The van der Waals surface area contributed by atoms with Crippen LogP contribution in [0.15, 0.2) is 48.5 Å². The Balaban J connectivity index is 1.19. The molecule has 4 nitrogen and oxygen atoms in total. The Bertz CT molecular complexity index is 901. The summed E-state index contributed by atoms with van der Waals surface area (Å²) in [6, 6.07) is 16.3. The van der Waals surface area contributed by atoms with Gasteiger partial charge >= 0.3 is 0 Å².